The van der Waals surface area contributed by atoms with Crippen molar-refractivity contribution in [2.45, 2.75) is 50.8 Å². The second-order valence-electron chi connectivity index (χ2n) is 5.90. The Bertz CT molecular complexity index is 260. The molecule has 1 atom stereocenters. The Hall–Kier alpha value is 0.0100. The van der Waals surface area contributed by atoms with Crippen LogP contribution in [-0.2, 0) is 0 Å². The van der Waals surface area contributed by atoms with E-state index < -0.39 is 0 Å². The smallest absolute Gasteiger partial charge is 0.0172 e. The molecular formula is C15H28N2S. The molecular weight excluding hydrogens is 240 g/mol. The molecule has 0 aliphatic carbocycles. The summed E-state index contributed by atoms with van der Waals surface area (Å²) < 4.78 is 0. The Balaban J connectivity index is 1.59. The van der Waals surface area contributed by atoms with Gasteiger partial charge in [0.15, 0.2) is 0 Å². The number of nitrogens with zero attached hydrogens (tertiary/aromatic N) is 1. The quantitative estimate of drug-likeness (QED) is 0.772. The summed E-state index contributed by atoms with van der Waals surface area (Å²) in [6, 6.07) is 0.772. The third-order valence-electron chi connectivity index (χ3n) is 4.00. The number of likely N-dealkylation sites (tertiary alicyclic amines) is 1. The van der Waals surface area contributed by atoms with Crippen molar-refractivity contribution in [2.75, 3.05) is 31.9 Å². The average Bonchev–Trinajstić information content (AvgIpc) is 2.88. The normalized spacial score (nSPS) is 26.4. The molecule has 2 aliphatic rings. The predicted octanol–water partition coefficient (Wildman–Crippen LogP) is 2.90. The molecule has 0 aromatic heterocycles. The molecule has 1 N–H and O–H groups in total. The molecule has 0 radical (unpaired) electrons. The van der Waals surface area contributed by atoms with Gasteiger partial charge in [-0.2, -0.15) is 11.8 Å². The molecule has 2 nitrogen and oxygen atoms in total. The van der Waals surface area contributed by atoms with Gasteiger partial charge in [0.2, 0.25) is 0 Å². The summed E-state index contributed by atoms with van der Waals surface area (Å²) >= 11 is 2.16. The molecule has 104 valence electrons. The van der Waals surface area contributed by atoms with Crippen molar-refractivity contribution in [1.29, 1.82) is 0 Å². The Kier molecular flexibility index (Phi) is 6.06. The molecule has 0 amide bonds. The summed E-state index contributed by atoms with van der Waals surface area (Å²) in [5.74, 6) is 1.38. The van der Waals surface area contributed by atoms with Gasteiger partial charge in [-0.25, -0.2) is 0 Å². The first kappa shape index (κ1) is 14.4. The van der Waals surface area contributed by atoms with Crippen molar-refractivity contribution in [3.63, 3.8) is 0 Å². The van der Waals surface area contributed by atoms with Crippen molar-refractivity contribution >= 4 is 11.8 Å². The summed E-state index contributed by atoms with van der Waals surface area (Å²) in [6.45, 7) is 9.29. The van der Waals surface area contributed by atoms with Gasteiger partial charge in [-0.05, 0) is 58.4 Å². The summed E-state index contributed by atoms with van der Waals surface area (Å²) in [7, 11) is 0. The van der Waals surface area contributed by atoms with E-state index in [4.69, 9.17) is 0 Å². The highest BCUT2D eigenvalue weighted by atomic mass is 32.2. The maximum absolute atomic E-state index is 3.79. The Morgan fingerprint density at radius 1 is 1.28 bits per heavy atom. The number of nitrogens with one attached hydrogen (secondary N) is 1. The highest BCUT2D eigenvalue weighted by Gasteiger charge is 2.20. The van der Waals surface area contributed by atoms with Crippen LogP contribution in [0.25, 0.3) is 0 Å². The highest BCUT2D eigenvalue weighted by molar-refractivity contribution is 8.00. The molecule has 0 aromatic carbocycles. The zero-order valence-electron chi connectivity index (χ0n) is 12.0. The maximum atomic E-state index is 3.79. The van der Waals surface area contributed by atoms with Crippen molar-refractivity contribution in [1.82, 2.24) is 10.2 Å². The number of piperidine rings is 1. The first-order valence-electron chi connectivity index (χ1n) is 7.45. The van der Waals surface area contributed by atoms with Gasteiger partial charge in [0.05, 0.1) is 0 Å². The van der Waals surface area contributed by atoms with Gasteiger partial charge in [-0.1, -0.05) is 11.6 Å². The van der Waals surface area contributed by atoms with E-state index in [1.807, 2.05) is 0 Å². The zero-order valence-corrected chi connectivity index (χ0v) is 12.8. The molecule has 0 saturated carbocycles. The van der Waals surface area contributed by atoms with E-state index in [1.54, 1.807) is 0 Å². The predicted molar refractivity (Wildman–Crippen MR) is 82.4 cm³/mol. The van der Waals surface area contributed by atoms with Crippen LogP contribution in [0.1, 0.15) is 39.5 Å². The molecule has 0 aromatic rings. The second kappa shape index (κ2) is 7.56. The van der Waals surface area contributed by atoms with Crippen LogP contribution in [0.5, 0.6) is 0 Å². The number of hydrogen-bond donors (Lipinski definition) is 1. The fraction of sp³-hybridized carbons (Fsp3) is 0.867. The molecule has 3 heteroatoms. The van der Waals surface area contributed by atoms with Crippen LogP contribution in [0, 0.1) is 0 Å². The van der Waals surface area contributed by atoms with Crippen LogP contribution >= 0.6 is 11.8 Å². The molecule has 18 heavy (non-hydrogen) atoms. The van der Waals surface area contributed by atoms with Gasteiger partial charge in [-0.15, -0.1) is 0 Å². The van der Waals surface area contributed by atoms with Gasteiger partial charge < -0.3 is 5.32 Å². The lowest BCUT2D eigenvalue weighted by molar-refractivity contribution is 0.215. The van der Waals surface area contributed by atoms with Crippen LogP contribution < -0.4 is 5.32 Å². The van der Waals surface area contributed by atoms with Gasteiger partial charge in [-0.3, -0.25) is 4.90 Å². The molecule has 0 bridgehead atoms. The minimum absolute atomic E-state index is 0.772. The first-order valence-corrected chi connectivity index (χ1v) is 8.49. The Morgan fingerprint density at radius 3 is 2.67 bits per heavy atom. The summed E-state index contributed by atoms with van der Waals surface area (Å²) in [5, 5.41) is 4.68. The molecule has 2 fully saturated rings. The van der Waals surface area contributed by atoms with E-state index in [0.29, 0.717) is 0 Å². The molecule has 1 unspecified atom stereocenters. The van der Waals surface area contributed by atoms with Crippen molar-refractivity contribution in [3.05, 3.63) is 11.6 Å². The van der Waals surface area contributed by atoms with Crippen LogP contribution in [0.15, 0.2) is 11.6 Å². The van der Waals surface area contributed by atoms with E-state index in [2.05, 4.69) is 41.9 Å². The summed E-state index contributed by atoms with van der Waals surface area (Å²) in [4.78, 5) is 2.58. The number of hydrogen-bond acceptors (Lipinski definition) is 3. The molecule has 0 spiro atoms. The lowest BCUT2D eigenvalue weighted by atomic mass is 10.0. The Labute approximate surface area is 117 Å². The summed E-state index contributed by atoms with van der Waals surface area (Å²) in [6.07, 6.45) is 7.86. The third kappa shape index (κ3) is 4.94. The fourth-order valence-corrected chi connectivity index (χ4v) is 3.95. The van der Waals surface area contributed by atoms with Crippen LogP contribution in [0.2, 0.25) is 0 Å². The van der Waals surface area contributed by atoms with Gasteiger partial charge in [0.1, 0.15) is 0 Å². The standard InChI is InChI=1S/C15H28N2S/c1-13(2)5-8-17-9-6-14(7-10-17)16-12-15-4-3-11-18-15/h5,14-16H,3-4,6-12H2,1-2H3. The summed E-state index contributed by atoms with van der Waals surface area (Å²) in [5.41, 5.74) is 1.44. The van der Waals surface area contributed by atoms with Crippen molar-refractivity contribution < 1.29 is 0 Å². The van der Waals surface area contributed by atoms with Gasteiger partial charge in [0.25, 0.3) is 0 Å². The topological polar surface area (TPSA) is 15.3 Å². The van der Waals surface area contributed by atoms with E-state index in [-0.39, 0.29) is 0 Å². The molecule has 2 rings (SSSR count). The maximum Gasteiger partial charge on any atom is 0.0172 e. The molecule has 2 aliphatic heterocycles. The molecule has 2 saturated heterocycles. The SMILES string of the molecule is CC(C)=CCN1CCC(NCC2CCCS2)CC1. The number of rotatable bonds is 5. The van der Waals surface area contributed by atoms with Gasteiger partial charge in [0, 0.05) is 24.4 Å². The molecule has 2 heterocycles. The average molecular weight is 268 g/mol. The largest absolute Gasteiger partial charge is 0.313 e. The van der Waals surface area contributed by atoms with E-state index >= 15 is 0 Å². The number of thioether (sulfide) groups is 1. The fourth-order valence-electron chi connectivity index (χ4n) is 2.73. The second-order valence-corrected chi connectivity index (χ2v) is 7.31. The lowest BCUT2D eigenvalue weighted by Gasteiger charge is -2.32. The minimum atomic E-state index is 0.772. The van der Waals surface area contributed by atoms with E-state index in [0.717, 1.165) is 17.8 Å². The lowest BCUT2D eigenvalue weighted by Crippen LogP contribution is -2.44. The first-order chi connectivity index (χ1) is 8.74. The minimum Gasteiger partial charge on any atom is -0.313 e. The van der Waals surface area contributed by atoms with Crippen molar-refractivity contribution in [3.8, 4) is 0 Å². The highest BCUT2D eigenvalue weighted by Crippen LogP contribution is 2.25. The third-order valence-corrected chi connectivity index (χ3v) is 5.40. The monoisotopic (exact) mass is 268 g/mol. The zero-order chi connectivity index (χ0) is 12.8. The van der Waals surface area contributed by atoms with Crippen LogP contribution in [0.4, 0.5) is 0 Å². The van der Waals surface area contributed by atoms with E-state index in [1.165, 1.54) is 56.6 Å². The van der Waals surface area contributed by atoms with Crippen LogP contribution in [-0.4, -0.2) is 48.1 Å². The van der Waals surface area contributed by atoms with Crippen LogP contribution in [0.3, 0.4) is 0 Å². The van der Waals surface area contributed by atoms with E-state index in [9.17, 15) is 0 Å². The van der Waals surface area contributed by atoms with Gasteiger partial charge >= 0.3 is 0 Å². The number of allylic oxidation sites excluding steroid dienone is 1. The van der Waals surface area contributed by atoms with Crippen molar-refractivity contribution in [2.24, 2.45) is 0 Å². The Morgan fingerprint density at radius 2 is 2.06 bits per heavy atom.